The number of hydrogen-bond acceptors (Lipinski definition) is 6. The molecule has 9 heteroatoms. The second-order valence-corrected chi connectivity index (χ2v) is 5.32. The Bertz CT molecular complexity index is 886. The predicted octanol–water partition coefficient (Wildman–Crippen LogP) is 3.16. The van der Waals surface area contributed by atoms with Crippen LogP contribution in [0, 0.1) is 24.0 Å². The van der Waals surface area contributed by atoms with Gasteiger partial charge in [-0.1, -0.05) is 23.7 Å². The molecule has 1 aromatic carbocycles. The Morgan fingerprint density at radius 1 is 1.30 bits per heavy atom. The first-order chi connectivity index (χ1) is 11.0. The molecule has 0 bridgehead atoms. The fourth-order valence-electron chi connectivity index (χ4n) is 2.29. The number of benzene rings is 1. The fourth-order valence-corrected chi connectivity index (χ4v) is 2.51. The largest absolute Gasteiger partial charge is 0.419 e. The van der Waals surface area contributed by atoms with Gasteiger partial charge in [-0.15, -0.1) is 10.2 Å². The second kappa shape index (κ2) is 5.81. The molecule has 0 amide bonds. The van der Waals surface area contributed by atoms with Gasteiger partial charge in [0.1, 0.15) is 17.9 Å². The summed E-state index contributed by atoms with van der Waals surface area (Å²) in [6, 6.07) is 7.12. The van der Waals surface area contributed by atoms with Crippen molar-refractivity contribution in [2.75, 3.05) is 0 Å². The van der Waals surface area contributed by atoms with Gasteiger partial charge >= 0.3 is 5.69 Å². The molecule has 2 heterocycles. The molecule has 0 aliphatic carbocycles. The number of hydrogen-bond donors (Lipinski definition) is 0. The van der Waals surface area contributed by atoms with Crippen LogP contribution >= 0.6 is 11.6 Å². The summed E-state index contributed by atoms with van der Waals surface area (Å²) in [6.45, 7) is 3.37. The van der Waals surface area contributed by atoms with Gasteiger partial charge in [-0.3, -0.25) is 14.8 Å². The molecule has 3 aromatic rings. The third-order valence-electron chi connectivity index (χ3n) is 3.38. The highest BCUT2D eigenvalue weighted by Gasteiger charge is 2.23. The maximum atomic E-state index is 11.0. The number of halogens is 1. The SMILES string of the molecule is Cc1nn(Cc2nnc(-c3ccccc3Cl)o2)c(C)c1[N+](=O)[O-]. The Labute approximate surface area is 135 Å². The van der Waals surface area contributed by atoms with Crippen LogP contribution in [0.1, 0.15) is 17.3 Å². The first kappa shape index (κ1) is 15.2. The summed E-state index contributed by atoms with van der Waals surface area (Å²) < 4.78 is 7.05. The molecule has 0 aliphatic heterocycles. The molecule has 0 atom stereocenters. The normalized spacial score (nSPS) is 10.9. The highest BCUT2D eigenvalue weighted by Crippen LogP contribution is 2.27. The van der Waals surface area contributed by atoms with Gasteiger partial charge in [0.15, 0.2) is 0 Å². The minimum absolute atomic E-state index is 0.00385. The van der Waals surface area contributed by atoms with E-state index in [-0.39, 0.29) is 12.2 Å². The Morgan fingerprint density at radius 3 is 2.70 bits per heavy atom. The predicted molar refractivity (Wildman–Crippen MR) is 82.2 cm³/mol. The average molecular weight is 334 g/mol. The molecular formula is C14H12ClN5O3. The molecule has 0 N–H and O–H groups in total. The van der Waals surface area contributed by atoms with Gasteiger partial charge in [-0.25, -0.2) is 0 Å². The maximum absolute atomic E-state index is 11.0. The van der Waals surface area contributed by atoms with Crippen molar-refractivity contribution in [3.8, 4) is 11.5 Å². The minimum Gasteiger partial charge on any atom is -0.419 e. The summed E-state index contributed by atoms with van der Waals surface area (Å²) in [5.41, 5.74) is 1.41. The van der Waals surface area contributed by atoms with E-state index >= 15 is 0 Å². The van der Waals surface area contributed by atoms with Crippen molar-refractivity contribution in [3.05, 3.63) is 56.7 Å². The zero-order valence-corrected chi connectivity index (χ0v) is 13.1. The lowest BCUT2D eigenvalue weighted by atomic mass is 10.2. The zero-order chi connectivity index (χ0) is 16.6. The van der Waals surface area contributed by atoms with Gasteiger partial charge in [-0.05, 0) is 26.0 Å². The van der Waals surface area contributed by atoms with Gasteiger partial charge in [0.25, 0.3) is 0 Å². The molecule has 118 valence electrons. The van der Waals surface area contributed by atoms with E-state index in [0.717, 1.165) is 0 Å². The smallest absolute Gasteiger partial charge is 0.312 e. The van der Waals surface area contributed by atoms with E-state index in [1.807, 2.05) is 6.07 Å². The zero-order valence-electron chi connectivity index (χ0n) is 12.4. The quantitative estimate of drug-likeness (QED) is 0.537. The lowest BCUT2D eigenvalue weighted by molar-refractivity contribution is -0.386. The van der Waals surface area contributed by atoms with Crippen LogP contribution in [0.2, 0.25) is 5.02 Å². The van der Waals surface area contributed by atoms with Crippen molar-refractivity contribution in [1.82, 2.24) is 20.0 Å². The van der Waals surface area contributed by atoms with Crippen LogP contribution in [-0.2, 0) is 6.54 Å². The molecule has 8 nitrogen and oxygen atoms in total. The minimum atomic E-state index is -0.447. The van der Waals surface area contributed by atoms with E-state index < -0.39 is 4.92 Å². The van der Waals surface area contributed by atoms with E-state index in [4.69, 9.17) is 16.0 Å². The molecule has 3 rings (SSSR count). The summed E-state index contributed by atoms with van der Waals surface area (Å²) in [7, 11) is 0. The monoisotopic (exact) mass is 333 g/mol. The van der Waals surface area contributed by atoms with Crippen molar-refractivity contribution in [2.45, 2.75) is 20.4 Å². The van der Waals surface area contributed by atoms with E-state index in [9.17, 15) is 10.1 Å². The second-order valence-electron chi connectivity index (χ2n) is 4.91. The molecule has 0 saturated heterocycles. The van der Waals surface area contributed by atoms with Crippen LogP contribution in [-0.4, -0.2) is 24.9 Å². The molecular weight excluding hydrogens is 322 g/mol. The number of rotatable bonds is 4. The van der Waals surface area contributed by atoms with E-state index in [2.05, 4.69) is 15.3 Å². The third-order valence-corrected chi connectivity index (χ3v) is 3.71. The molecule has 0 radical (unpaired) electrons. The van der Waals surface area contributed by atoms with Crippen molar-refractivity contribution in [1.29, 1.82) is 0 Å². The molecule has 0 fully saturated rings. The van der Waals surface area contributed by atoms with Crippen LogP contribution in [0.4, 0.5) is 5.69 Å². The first-order valence-electron chi connectivity index (χ1n) is 6.73. The Hall–Kier alpha value is -2.74. The van der Waals surface area contributed by atoms with E-state index in [0.29, 0.717) is 33.8 Å². The van der Waals surface area contributed by atoms with Gasteiger partial charge in [-0.2, -0.15) is 5.10 Å². The highest BCUT2D eigenvalue weighted by atomic mass is 35.5. The Balaban J connectivity index is 1.90. The van der Waals surface area contributed by atoms with Crippen LogP contribution in [0.15, 0.2) is 28.7 Å². The van der Waals surface area contributed by atoms with Crippen molar-refractivity contribution < 1.29 is 9.34 Å². The summed E-state index contributed by atoms with van der Waals surface area (Å²) in [4.78, 5) is 10.6. The van der Waals surface area contributed by atoms with Gasteiger partial charge < -0.3 is 4.42 Å². The van der Waals surface area contributed by atoms with Crippen LogP contribution in [0.3, 0.4) is 0 Å². The third kappa shape index (κ3) is 2.80. The topological polar surface area (TPSA) is 99.9 Å². The fraction of sp³-hybridized carbons (Fsp3) is 0.214. The molecule has 0 spiro atoms. The van der Waals surface area contributed by atoms with Gasteiger partial charge in [0.05, 0.1) is 15.5 Å². The van der Waals surface area contributed by atoms with E-state index in [1.165, 1.54) is 4.68 Å². The van der Waals surface area contributed by atoms with E-state index in [1.54, 1.807) is 32.0 Å². The molecule has 0 aliphatic rings. The summed E-state index contributed by atoms with van der Waals surface area (Å²) in [5, 5.41) is 23.6. The van der Waals surface area contributed by atoms with Crippen LogP contribution in [0.5, 0.6) is 0 Å². The van der Waals surface area contributed by atoms with Gasteiger partial charge in [0.2, 0.25) is 11.8 Å². The molecule has 23 heavy (non-hydrogen) atoms. The molecule has 2 aromatic heterocycles. The lowest BCUT2D eigenvalue weighted by Gasteiger charge is -1.99. The molecule has 0 saturated carbocycles. The standard InChI is InChI=1S/C14H12ClN5O3/c1-8-13(20(21)22)9(2)19(18-8)7-12-16-17-14(23-12)10-5-3-4-6-11(10)15/h3-6H,7H2,1-2H3. The van der Waals surface area contributed by atoms with Gasteiger partial charge in [0, 0.05) is 0 Å². The lowest BCUT2D eigenvalue weighted by Crippen LogP contribution is -2.04. The molecule has 0 unspecified atom stereocenters. The average Bonchev–Trinajstić information content (AvgIpc) is 3.05. The number of aromatic nitrogens is 4. The number of aryl methyl sites for hydroxylation is 1. The Kier molecular flexibility index (Phi) is 3.83. The Morgan fingerprint density at radius 2 is 2.04 bits per heavy atom. The summed E-state index contributed by atoms with van der Waals surface area (Å²) >= 11 is 6.09. The van der Waals surface area contributed by atoms with Crippen molar-refractivity contribution in [3.63, 3.8) is 0 Å². The number of nitrogens with zero attached hydrogens (tertiary/aromatic N) is 5. The highest BCUT2D eigenvalue weighted by molar-refractivity contribution is 6.33. The first-order valence-corrected chi connectivity index (χ1v) is 7.11. The van der Waals surface area contributed by atoms with Crippen LogP contribution < -0.4 is 0 Å². The van der Waals surface area contributed by atoms with Crippen molar-refractivity contribution >= 4 is 17.3 Å². The van der Waals surface area contributed by atoms with Crippen LogP contribution in [0.25, 0.3) is 11.5 Å². The summed E-state index contributed by atoms with van der Waals surface area (Å²) in [6.07, 6.45) is 0. The maximum Gasteiger partial charge on any atom is 0.312 e. The van der Waals surface area contributed by atoms with Crippen molar-refractivity contribution in [2.24, 2.45) is 0 Å². The number of nitro groups is 1. The summed E-state index contributed by atoms with van der Waals surface area (Å²) in [5.74, 6) is 0.585.